The van der Waals surface area contributed by atoms with Crippen molar-refractivity contribution in [2.24, 2.45) is 5.92 Å². The maximum absolute atomic E-state index is 13.3. The van der Waals surface area contributed by atoms with E-state index in [2.05, 4.69) is 5.32 Å². The van der Waals surface area contributed by atoms with Gasteiger partial charge in [-0.2, -0.15) is 0 Å². The smallest absolute Gasteiger partial charge is 0.340 e. The molecule has 2 atom stereocenters. The average molecular weight is 282 g/mol. The SMILES string of the molecule is Nc1c(F)ccc(NCC2CCCCC2O)c1C(=O)O. The molecule has 1 aromatic carbocycles. The Morgan fingerprint density at radius 1 is 1.40 bits per heavy atom. The minimum absolute atomic E-state index is 0.0803. The largest absolute Gasteiger partial charge is 0.478 e. The summed E-state index contributed by atoms with van der Waals surface area (Å²) < 4.78 is 13.3. The van der Waals surface area contributed by atoms with Crippen molar-refractivity contribution in [3.8, 4) is 0 Å². The van der Waals surface area contributed by atoms with E-state index in [0.29, 0.717) is 6.54 Å². The predicted molar refractivity (Wildman–Crippen MR) is 74.2 cm³/mol. The molecule has 5 N–H and O–H groups in total. The number of nitrogens with one attached hydrogen (secondary N) is 1. The number of benzene rings is 1. The highest BCUT2D eigenvalue weighted by molar-refractivity contribution is 6.00. The third-order valence-electron chi connectivity index (χ3n) is 3.83. The highest BCUT2D eigenvalue weighted by Crippen LogP contribution is 2.28. The molecule has 5 nitrogen and oxygen atoms in total. The third kappa shape index (κ3) is 3.01. The molecule has 1 aliphatic carbocycles. The number of nitrogens with two attached hydrogens (primary N) is 1. The number of aromatic carboxylic acids is 1. The molecule has 1 fully saturated rings. The van der Waals surface area contributed by atoms with Crippen LogP contribution in [0.15, 0.2) is 12.1 Å². The van der Waals surface area contributed by atoms with Crippen LogP contribution in [0.3, 0.4) is 0 Å². The molecule has 0 radical (unpaired) electrons. The van der Waals surface area contributed by atoms with Crippen LogP contribution in [0, 0.1) is 11.7 Å². The van der Waals surface area contributed by atoms with E-state index < -0.39 is 11.8 Å². The molecule has 110 valence electrons. The molecule has 2 rings (SSSR count). The fraction of sp³-hybridized carbons (Fsp3) is 0.500. The zero-order chi connectivity index (χ0) is 14.7. The first kappa shape index (κ1) is 14.6. The summed E-state index contributed by atoms with van der Waals surface area (Å²) in [6.07, 6.45) is 3.36. The fourth-order valence-electron chi connectivity index (χ4n) is 2.64. The summed E-state index contributed by atoms with van der Waals surface area (Å²) in [6, 6.07) is 2.51. The van der Waals surface area contributed by atoms with Gasteiger partial charge in [0.1, 0.15) is 11.4 Å². The summed E-state index contributed by atoms with van der Waals surface area (Å²) >= 11 is 0. The Morgan fingerprint density at radius 2 is 2.10 bits per heavy atom. The summed E-state index contributed by atoms with van der Waals surface area (Å²) in [7, 11) is 0. The number of carboxylic acids is 1. The number of hydrogen-bond acceptors (Lipinski definition) is 4. The zero-order valence-corrected chi connectivity index (χ0v) is 11.1. The van der Waals surface area contributed by atoms with Gasteiger partial charge >= 0.3 is 5.97 Å². The number of aliphatic hydroxyl groups is 1. The molecule has 0 aromatic heterocycles. The number of rotatable bonds is 4. The molecule has 2 unspecified atom stereocenters. The summed E-state index contributed by atoms with van der Waals surface area (Å²) in [5.74, 6) is -1.93. The molecule has 6 heteroatoms. The van der Waals surface area contributed by atoms with Crippen molar-refractivity contribution in [2.45, 2.75) is 31.8 Å². The maximum Gasteiger partial charge on any atom is 0.340 e. The first-order valence-electron chi connectivity index (χ1n) is 6.74. The average Bonchev–Trinajstić information content (AvgIpc) is 2.41. The Morgan fingerprint density at radius 3 is 2.75 bits per heavy atom. The van der Waals surface area contributed by atoms with E-state index in [0.717, 1.165) is 31.7 Å². The normalized spacial score (nSPS) is 22.5. The molecule has 0 saturated heterocycles. The van der Waals surface area contributed by atoms with Crippen LogP contribution in [0.5, 0.6) is 0 Å². The van der Waals surface area contributed by atoms with E-state index in [9.17, 15) is 14.3 Å². The van der Waals surface area contributed by atoms with Gasteiger partial charge in [-0.15, -0.1) is 0 Å². The molecular formula is C14H19FN2O3. The van der Waals surface area contributed by atoms with Crippen LogP contribution in [-0.2, 0) is 0 Å². The quantitative estimate of drug-likeness (QED) is 0.634. The van der Waals surface area contributed by atoms with Gasteiger partial charge in [0, 0.05) is 12.5 Å². The van der Waals surface area contributed by atoms with Gasteiger partial charge in [-0.25, -0.2) is 9.18 Å². The van der Waals surface area contributed by atoms with Gasteiger partial charge in [0.2, 0.25) is 0 Å². The van der Waals surface area contributed by atoms with Crippen molar-refractivity contribution >= 4 is 17.3 Å². The Labute approximate surface area is 116 Å². The monoisotopic (exact) mass is 282 g/mol. The van der Waals surface area contributed by atoms with Crippen molar-refractivity contribution in [1.82, 2.24) is 0 Å². The molecule has 0 heterocycles. The summed E-state index contributed by atoms with van der Waals surface area (Å²) in [5.41, 5.74) is 5.14. The van der Waals surface area contributed by atoms with Crippen LogP contribution in [-0.4, -0.2) is 28.8 Å². The molecule has 1 saturated carbocycles. The lowest BCUT2D eigenvalue weighted by Gasteiger charge is -2.28. The van der Waals surface area contributed by atoms with Crippen LogP contribution in [0.1, 0.15) is 36.0 Å². The van der Waals surface area contributed by atoms with Crippen LogP contribution in [0.25, 0.3) is 0 Å². The van der Waals surface area contributed by atoms with Crippen molar-refractivity contribution in [3.05, 3.63) is 23.5 Å². The molecule has 0 aliphatic heterocycles. The van der Waals surface area contributed by atoms with Crippen molar-refractivity contribution in [3.63, 3.8) is 0 Å². The Kier molecular flexibility index (Phi) is 4.44. The zero-order valence-electron chi connectivity index (χ0n) is 11.1. The van der Waals surface area contributed by atoms with E-state index in [1.165, 1.54) is 6.07 Å². The molecule has 1 aliphatic rings. The molecule has 0 bridgehead atoms. The Bertz CT molecular complexity index is 507. The first-order chi connectivity index (χ1) is 9.50. The van der Waals surface area contributed by atoms with Gasteiger partial charge in [-0.3, -0.25) is 0 Å². The van der Waals surface area contributed by atoms with Crippen molar-refractivity contribution < 1.29 is 19.4 Å². The Hall–Kier alpha value is -1.82. The van der Waals surface area contributed by atoms with E-state index >= 15 is 0 Å². The van der Waals surface area contributed by atoms with Crippen LogP contribution in [0.2, 0.25) is 0 Å². The lowest BCUT2D eigenvalue weighted by atomic mass is 9.86. The molecule has 0 spiro atoms. The Balaban J connectivity index is 2.13. The van der Waals surface area contributed by atoms with Crippen LogP contribution < -0.4 is 11.1 Å². The highest BCUT2D eigenvalue weighted by Gasteiger charge is 2.24. The fourth-order valence-corrected chi connectivity index (χ4v) is 2.64. The number of anilines is 2. The second kappa shape index (κ2) is 6.09. The predicted octanol–water partition coefficient (Wildman–Crippen LogP) is 2.07. The number of carboxylic acid groups (broad SMARTS) is 1. The van der Waals surface area contributed by atoms with E-state index in [4.69, 9.17) is 10.8 Å². The molecule has 1 aromatic rings. The first-order valence-corrected chi connectivity index (χ1v) is 6.74. The lowest BCUT2D eigenvalue weighted by Crippen LogP contribution is -2.30. The van der Waals surface area contributed by atoms with Crippen LogP contribution >= 0.6 is 0 Å². The van der Waals surface area contributed by atoms with Crippen molar-refractivity contribution in [1.29, 1.82) is 0 Å². The number of halogens is 1. The maximum atomic E-state index is 13.3. The minimum atomic E-state index is -1.27. The topological polar surface area (TPSA) is 95.6 Å². The van der Waals surface area contributed by atoms with Crippen LogP contribution in [0.4, 0.5) is 15.8 Å². The number of hydrogen-bond donors (Lipinski definition) is 4. The van der Waals surface area contributed by atoms with Gasteiger partial charge < -0.3 is 21.3 Å². The summed E-state index contributed by atoms with van der Waals surface area (Å²) in [6.45, 7) is 0.451. The third-order valence-corrected chi connectivity index (χ3v) is 3.83. The number of nitrogen functional groups attached to an aromatic ring is 1. The van der Waals surface area contributed by atoms with E-state index in [-0.39, 0.29) is 29.0 Å². The van der Waals surface area contributed by atoms with Gasteiger partial charge in [0.15, 0.2) is 0 Å². The van der Waals surface area contributed by atoms with Gasteiger partial charge in [-0.05, 0) is 25.0 Å². The minimum Gasteiger partial charge on any atom is -0.478 e. The number of aliphatic hydroxyl groups excluding tert-OH is 1. The summed E-state index contributed by atoms with van der Waals surface area (Å²) in [4.78, 5) is 11.2. The lowest BCUT2D eigenvalue weighted by molar-refractivity contribution is 0.0698. The number of carbonyl (C=O) groups is 1. The van der Waals surface area contributed by atoms with E-state index in [1.807, 2.05) is 0 Å². The summed E-state index contributed by atoms with van der Waals surface area (Å²) in [5, 5.41) is 22.0. The standard InChI is InChI=1S/C14H19FN2O3/c15-9-5-6-10(12(13(9)16)14(19)20)17-7-8-3-1-2-4-11(8)18/h5-6,8,11,17-18H,1-4,7,16H2,(H,19,20). The van der Waals surface area contributed by atoms with Gasteiger partial charge in [-0.1, -0.05) is 12.8 Å². The highest BCUT2D eigenvalue weighted by atomic mass is 19.1. The van der Waals surface area contributed by atoms with E-state index in [1.54, 1.807) is 0 Å². The second-order valence-corrected chi connectivity index (χ2v) is 5.18. The van der Waals surface area contributed by atoms with Gasteiger partial charge in [0.25, 0.3) is 0 Å². The molecule has 0 amide bonds. The second-order valence-electron chi connectivity index (χ2n) is 5.18. The van der Waals surface area contributed by atoms with Gasteiger partial charge in [0.05, 0.1) is 17.5 Å². The van der Waals surface area contributed by atoms with Crippen molar-refractivity contribution in [2.75, 3.05) is 17.6 Å². The molecular weight excluding hydrogens is 263 g/mol. The molecule has 20 heavy (non-hydrogen) atoms.